The van der Waals surface area contributed by atoms with E-state index in [4.69, 9.17) is 27.9 Å². The Morgan fingerprint density at radius 3 is 2.15 bits per heavy atom. The molecule has 0 atom stereocenters. The predicted octanol–water partition coefficient (Wildman–Crippen LogP) is 6.96. The zero-order valence-corrected chi connectivity index (χ0v) is 30.0. The Hall–Kier alpha value is -4.95. The minimum Gasteiger partial charge on any atom is -0.454 e. The number of aryl methyl sites for hydroxylation is 1. The van der Waals surface area contributed by atoms with Gasteiger partial charge in [0, 0.05) is 40.8 Å². The van der Waals surface area contributed by atoms with Crippen molar-refractivity contribution in [3.63, 3.8) is 0 Å². The zero-order chi connectivity index (χ0) is 37.7. The SMILES string of the molecule is Cc1ccc(CC(=O)C(=O)NCC(C)(C)CNC(=O)c2ccc(Nc3nc(NC4(c5ccc(Cl)cc5)CC4)nc(OCC(F)(F)F)n3)cc2)cc1Cl. The van der Waals surface area contributed by atoms with E-state index < -0.39 is 41.4 Å². The highest BCUT2D eigenvalue weighted by molar-refractivity contribution is 6.36. The van der Waals surface area contributed by atoms with Gasteiger partial charge in [-0.1, -0.05) is 61.3 Å². The Kier molecular flexibility index (Phi) is 11.6. The molecule has 0 aliphatic heterocycles. The number of Topliss-reactive ketones (excluding diaryl/α,β-unsaturated/α-hetero) is 1. The van der Waals surface area contributed by atoms with E-state index in [9.17, 15) is 27.6 Å². The average molecular weight is 759 g/mol. The maximum absolute atomic E-state index is 12.9. The van der Waals surface area contributed by atoms with Gasteiger partial charge in [0.05, 0.1) is 5.54 Å². The molecule has 3 aromatic carbocycles. The van der Waals surface area contributed by atoms with Crippen LogP contribution in [0.15, 0.2) is 66.7 Å². The molecule has 11 nitrogen and oxygen atoms in total. The summed E-state index contributed by atoms with van der Waals surface area (Å²) in [5.41, 5.74) is 2.07. The lowest BCUT2D eigenvalue weighted by Gasteiger charge is -2.25. The van der Waals surface area contributed by atoms with Crippen LogP contribution in [0.5, 0.6) is 6.01 Å². The highest BCUT2D eigenvalue weighted by Gasteiger charge is 2.45. The minimum atomic E-state index is -4.61. The molecule has 52 heavy (non-hydrogen) atoms. The second-order valence-electron chi connectivity index (χ2n) is 13.3. The monoisotopic (exact) mass is 757 g/mol. The molecule has 0 unspecified atom stereocenters. The number of carbonyl (C=O) groups excluding carboxylic acids is 3. The Morgan fingerprint density at radius 2 is 1.52 bits per heavy atom. The number of rotatable bonds is 15. The van der Waals surface area contributed by atoms with E-state index >= 15 is 0 Å². The molecule has 4 aromatic rings. The van der Waals surface area contributed by atoms with Gasteiger partial charge in [-0.05, 0) is 84.3 Å². The van der Waals surface area contributed by atoms with Gasteiger partial charge in [0.15, 0.2) is 6.61 Å². The fraction of sp³-hybridized carbons (Fsp3) is 0.333. The van der Waals surface area contributed by atoms with Crippen molar-refractivity contribution in [2.45, 2.75) is 51.7 Å². The van der Waals surface area contributed by atoms with Crippen LogP contribution in [-0.4, -0.2) is 58.4 Å². The number of alkyl halides is 3. The van der Waals surface area contributed by atoms with E-state index in [1.807, 2.05) is 32.9 Å². The van der Waals surface area contributed by atoms with Gasteiger partial charge in [0.2, 0.25) is 17.7 Å². The van der Waals surface area contributed by atoms with E-state index in [2.05, 4.69) is 36.2 Å². The number of nitrogens with zero attached hydrogens (tertiary/aromatic N) is 3. The molecular weight excluding hydrogens is 722 g/mol. The molecule has 0 spiro atoms. The van der Waals surface area contributed by atoms with Crippen molar-refractivity contribution >= 4 is 58.4 Å². The molecule has 1 saturated carbocycles. The molecule has 0 bridgehead atoms. The van der Waals surface area contributed by atoms with E-state index in [0.29, 0.717) is 26.9 Å². The highest BCUT2D eigenvalue weighted by atomic mass is 35.5. The summed E-state index contributed by atoms with van der Waals surface area (Å²) < 4.78 is 43.6. The normalized spacial score (nSPS) is 13.5. The molecule has 1 heterocycles. The van der Waals surface area contributed by atoms with Crippen LogP contribution in [0.4, 0.5) is 30.8 Å². The second kappa shape index (κ2) is 15.7. The lowest BCUT2D eigenvalue weighted by atomic mass is 9.93. The summed E-state index contributed by atoms with van der Waals surface area (Å²) in [5.74, 6) is -1.79. The van der Waals surface area contributed by atoms with Gasteiger partial charge in [-0.25, -0.2) is 0 Å². The topological polar surface area (TPSA) is 147 Å². The number of carbonyl (C=O) groups is 3. The Morgan fingerprint density at radius 1 is 0.865 bits per heavy atom. The molecule has 2 amide bonds. The summed E-state index contributed by atoms with van der Waals surface area (Å²) in [6, 6.07) is 18.1. The summed E-state index contributed by atoms with van der Waals surface area (Å²) in [6.45, 7) is 4.23. The molecule has 4 N–H and O–H groups in total. The van der Waals surface area contributed by atoms with Gasteiger partial charge in [-0.3, -0.25) is 14.4 Å². The van der Waals surface area contributed by atoms with Crippen molar-refractivity contribution in [2.24, 2.45) is 5.41 Å². The Balaban J connectivity index is 1.17. The van der Waals surface area contributed by atoms with Crippen LogP contribution in [0.1, 0.15) is 53.7 Å². The maximum Gasteiger partial charge on any atom is 0.422 e. The van der Waals surface area contributed by atoms with Crippen LogP contribution >= 0.6 is 23.2 Å². The van der Waals surface area contributed by atoms with Gasteiger partial charge in [0.25, 0.3) is 11.8 Å². The first kappa shape index (κ1) is 38.3. The number of halogens is 5. The molecule has 1 aliphatic rings. The van der Waals surface area contributed by atoms with Crippen LogP contribution in [-0.2, 0) is 21.5 Å². The highest BCUT2D eigenvalue weighted by Crippen LogP contribution is 2.48. The maximum atomic E-state index is 12.9. The molecule has 1 fully saturated rings. The first-order chi connectivity index (χ1) is 24.5. The number of hydrogen-bond donors (Lipinski definition) is 4. The number of aromatic nitrogens is 3. The molecule has 0 radical (unpaired) electrons. The van der Waals surface area contributed by atoms with Crippen molar-refractivity contribution in [1.82, 2.24) is 25.6 Å². The lowest BCUT2D eigenvalue weighted by molar-refractivity contribution is -0.154. The number of benzene rings is 3. The van der Waals surface area contributed by atoms with Gasteiger partial charge in [0.1, 0.15) is 0 Å². The third-order valence-corrected chi connectivity index (χ3v) is 8.85. The average Bonchev–Trinajstić information content (AvgIpc) is 3.87. The molecule has 1 aliphatic carbocycles. The largest absolute Gasteiger partial charge is 0.454 e. The number of nitrogens with one attached hydrogen (secondary N) is 4. The number of ketones is 1. The van der Waals surface area contributed by atoms with Crippen molar-refractivity contribution in [1.29, 1.82) is 0 Å². The van der Waals surface area contributed by atoms with E-state index in [1.165, 1.54) is 0 Å². The minimum absolute atomic E-state index is 0.0115. The van der Waals surface area contributed by atoms with Crippen LogP contribution in [0.25, 0.3) is 0 Å². The van der Waals surface area contributed by atoms with Crippen LogP contribution in [0, 0.1) is 12.3 Å². The molecule has 274 valence electrons. The summed E-state index contributed by atoms with van der Waals surface area (Å²) in [4.78, 5) is 50.2. The van der Waals surface area contributed by atoms with E-state index in [0.717, 1.165) is 24.0 Å². The first-order valence-corrected chi connectivity index (χ1v) is 17.0. The standard InChI is InChI=1S/C36H36Cl2F3N7O4/c1-21-4-5-22(16-27(21)38)17-28(49)30(51)43-19-34(2,3)18-42-29(50)23-6-12-26(13-7-23)44-31-45-32(47-33(46-31)52-20-36(39,40)41)48-35(14-15-35)24-8-10-25(37)11-9-24/h4-13,16H,14-15,17-20H2,1-3H3,(H,42,50)(H,43,51)(H2,44,45,46,47,48). The fourth-order valence-electron chi connectivity index (χ4n) is 5.02. The first-order valence-electron chi connectivity index (χ1n) is 16.2. The predicted molar refractivity (Wildman–Crippen MR) is 191 cm³/mol. The van der Waals surface area contributed by atoms with Crippen LogP contribution in [0.3, 0.4) is 0 Å². The quantitative estimate of drug-likeness (QED) is 0.0946. The van der Waals surface area contributed by atoms with E-state index in [1.54, 1.807) is 54.6 Å². The van der Waals surface area contributed by atoms with Gasteiger partial charge in [-0.15, -0.1) is 0 Å². The number of anilines is 3. The molecule has 16 heteroatoms. The van der Waals surface area contributed by atoms with Crippen molar-refractivity contribution in [3.8, 4) is 6.01 Å². The lowest BCUT2D eigenvalue weighted by Crippen LogP contribution is -2.44. The molecule has 5 rings (SSSR count). The van der Waals surface area contributed by atoms with Crippen molar-refractivity contribution in [2.75, 3.05) is 30.3 Å². The Labute approximate surface area is 308 Å². The molecule has 0 saturated heterocycles. The summed E-state index contributed by atoms with van der Waals surface area (Å²) in [6.07, 6.45) is -3.22. The number of amides is 2. The number of ether oxygens (including phenoxy) is 1. The van der Waals surface area contributed by atoms with Gasteiger partial charge in [-0.2, -0.15) is 28.1 Å². The summed E-state index contributed by atoms with van der Waals surface area (Å²) in [5, 5.41) is 12.7. The van der Waals surface area contributed by atoms with E-state index in [-0.39, 0.29) is 37.3 Å². The number of hydrogen-bond acceptors (Lipinski definition) is 9. The molecular formula is C36H36Cl2F3N7O4. The van der Waals surface area contributed by atoms with Gasteiger partial charge < -0.3 is 26.0 Å². The van der Waals surface area contributed by atoms with Crippen LogP contribution < -0.4 is 26.0 Å². The summed E-state index contributed by atoms with van der Waals surface area (Å²) in [7, 11) is 0. The zero-order valence-electron chi connectivity index (χ0n) is 28.5. The third kappa shape index (κ3) is 10.8. The Bertz CT molecular complexity index is 1940. The van der Waals surface area contributed by atoms with Crippen molar-refractivity contribution < 1.29 is 32.3 Å². The smallest absolute Gasteiger partial charge is 0.422 e. The summed E-state index contributed by atoms with van der Waals surface area (Å²) >= 11 is 12.2. The fourth-order valence-corrected chi connectivity index (χ4v) is 5.35. The third-order valence-electron chi connectivity index (χ3n) is 8.19. The molecule has 1 aromatic heterocycles. The van der Waals surface area contributed by atoms with Crippen LogP contribution in [0.2, 0.25) is 10.0 Å². The second-order valence-corrected chi connectivity index (χ2v) is 14.1. The van der Waals surface area contributed by atoms with Gasteiger partial charge >= 0.3 is 12.2 Å². The van der Waals surface area contributed by atoms with Crippen molar-refractivity contribution in [3.05, 3.63) is 99.0 Å².